The van der Waals surface area contributed by atoms with Crippen molar-refractivity contribution in [2.45, 2.75) is 58.2 Å². The third-order valence-corrected chi connectivity index (χ3v) is 4.64. The average molecular weight is 297 g/mol. The van der Waals surface area contributed by atoms with Crippen LogP contribution in [0, 0.1) is 5.41 Å². The maximum absolute atomic E-state index is 12.9. The molecule has 0 spiro atoms. The van der Waals surface area contributed by atoms with Crippen molar-refractivity contribution in [3.05, 3.63) is 0 Å². The van der Waals surface area contributed by atoms with E-state index in [4.69, 9.17) is 10.5 Å². The third kappa shape index (κ3) is 3.21. The number of hydrogen-bond acceptors (Lipinski definition) is 4. The second-order valence-corrected chi connectivity index (χ2v) is 6.67. The summed E-state index contributed by atoms with van der Waals surface area (Å²) in [5, 5.41) is 2.87. The van der Waals surface area contributed by atoms with Crippen molar-refractivity contribution < 1.29 is 14.3 Å². The SMILES string of the molecule is CC(C)NC(=O)C1COCCN1C(=O)C1(C)CCCC1N. The average Bonchev–Trinajstić information content (AvgIpc) is 2.78. The Bertz CT molecular complexity index is 413. The Labute approximate surface area is 126 Å². The van der Waals surface area contributed by atoms with E-state index >= 15 is 0 Å². The topological polar surface area (TPSA) is 84.7 Å². The summed E-state index contributed by atoms with van der Waals surface area (Å²) >= 11 is 0. The maximum Gasteiger partial charge on any atom is 0.245 e. The summed E-state index contributed by atoms with van der Waals surface area (Å²) in [4.78, 5) is 26.9. The van der Waals surface area contributed by atoms with Crippen LogP contribution in [0.4, 0.5) is 0 Å². The number of carbonyl (C=O) groups excluding carboxylic acids is 2. The highest BCUT2D eigenvalue weighted by Crippen LogP contribution is 2.39. The zero-order chi connectivity index (χ0) is 15.6. The number of morpholine rings is 1. The van der Waals surface area contributed by atoms with Crippen molar-refractivity contribution in [2.24, 2.45) is 11.1 Å². The summed E-state index contributed by atoms with van der Waals surface area (Å²) in [6.07, 6.45) is 2.63. The fourth-order valence-corrected chi connectivity index (χ4v) is 3.23. The Morgan fingerprint density at radius 3 is 2.71 bits per heavy atom. The van der Waals surface area contributed by atoms with E-state index in [1.54, 1.807) is 4.90 Å². The lowest BCUT2D eigenvalue weighted by atomic mass is 9.83. The van der Waals surface area contributed by atoms with E-state index in [1.807, 2.05) is 20.8 Å². The van der Waals surface area contributed by atoms with Gasteiger partial charge in [0.25, 0.3) is 0 Å². The fraction of sp³-hybridized carbons (Fsp3) is 0.867. The van der Waals surface area contributed by atoms with Gasteiger partial charge in [0.05, 0.1) is 18.6 Å². The lowest BCUT2D eigenvalue weighted by molar-refractivity contribution is -0.156. The largest absolute Gasteiger partial charge is 0.377 e. The molecular formula is C15H27N3O3. The molecule has 2 rings (SSSR count). The van der Waals surface area contributed by atoms with Crippen LogP contribution in [-0.4, -0.2) is 54.6 Å². The highest BCUT2D eigenvalue weighted by Gasteiger charge is 2.48. The van der Waals surface area contributed by atoms with Crippen molar-refractivity contribution in [1.82, 2.24) is 10.2 Å². The first-order valence-electron chi connectivity index (χ1n) is 7.81. The Hall–Kier alpha value is -1.14. The standard InChI is InChI=1S/C15H27N3O3/c1-10(2)17-13(19)11-9-21-8-7-18(11)14(20)15(3)6-4-5-12(15)16/h10-12H,4-9,16H2,1-3H3,(H,17,19). The second-order valence-electron chi connectivity index (χ2n) is 6.67. The minimum absolute atomic E-state index is 0.000272. The van der Waals surface area contributed by atoms with Crippen LogP contribution < -0.4 is 11.1 Å². The molecule has 0 radical (unpaired) electrons. The molecule has 0 aromatic carbocycles. The molecule has 1 aliphatic carbocycles. The van der Waals surface area contributed by atoms with E-state index in [0.717, 1.165) is 19.3 Å². The molecule has 2 fully saturated rings. The fourth-order valence-electron chi connectivity index (χ4n) is 3.23. The number of carbonyl (C=O) groups is 2. The molecule has 1 saturated heterocycles. The zero-order valence-electron chi connectivity index (χ0n) is 13.2. The molecular weight excluding hydrogens is 270 g/mol. The predicted molar refractivity (Wildman–Crippen MR) is 79.5 cm³/mol. The second kappa shape index (κ2) is 6.32. The quantitative estimate of drug-likeness (QED) is 0.782. The van der Waals surface area contributed by atoms with Crippen LogP contribution in [0.25, 0.3) is 0 Å². The van der Waals surface area contributed by atoms with Gasteiger partial charge in [0.1, 0.15) is 6.04 Å². The first-order chi connectivity index (χ1) is 9.86. The normalized spacial score (nSPS) is 33.3. The van der Waals surface area contributed by atoms with Gasteiger partial charge in [0.15, 0.2) is 0 Å². The first kappa shape index (κ1) is 16.2. The van der Waals surface area contributed by atoms with Crippen LogP contribution in [0.2, 0.25) is 0 Å². The van der Waals surface area contributed by atoms with Crippen LogP contribution in [-0.2, 0) is 14.3 Å². The van der Waals surface area contributed by atoms with Gasteiger partial charge in [-0.3, -0.25) is 9.59 Å². The summed E-state index contributed by atoms with van der Waals surface area (Å²) in [5.74, 6) is -0.145. The summed E-state index contributed by atoms with van der Waals surface area (Å²) in [5.41, 5.74) is 5.60. The van der Waals surface area contributed by atoms with E-state index in [9.17, 15) is 9.59 Å². The molecule has 1 saturated carbocycles. The van der Waals surface area contributed by atoms with Gasteiger partial charge in [-0.1, -0.05) is 6.42 Å². The highest BCUT2D eigenvalue weighted by atomic mass is 16.5. The number of rotatable bonds is 3. The van der Waals surface area contributed by atoms with E-state index in [2.05, 4.69) is 5.32 Å². The van der Waals surface area contributed by atoms with E-state index in [0.29, 0.717) is 13.2 Å². The van der Waals surface area contributed by atoms with Crippen molar-refractivity contribution in [2.75, 3.05) is 19.8 Å². The Morgan fingerprint density at radius 1 is 1.43 bits per heavy atom. The summed E-state index contributed by atoms with van der Waals surface area (Å²) in [6, 6.07) is -0.624. The van der Waals surface area contributed by atoms with Gasteiger partial charge in [0.2, 0.25) is 11.8 Å². The van der Waals surface area contributed by atoms with E-state index in [1.165, 1.54) is 0 Å². The van der Waals surface area contributed by atoms with Crippen LogP contribution in [0.3, 0.4) is 0 Å². The molecule has 2 amide bonds. The molecule has 21 heavy (non-hydrogen) atoms. The molecule has 120 valence electrons. The number of amides is 2. The van der Waals surface area contributed by atoms with Gasteiger partial charge in [-0.25, -0.2) is 0 Å². The van der Waals surface area contributed by atoms with Gasteiger partial charge in [-0.05, 0) is 33.6 Å². The lowest BCUT2D eigenvalue weighted by Crippen LogP contribution is -2.61. The van der Waals surface area contributed by atoms with Crippen molar-refractivity contribution in [1.29, 1.82) is 0 Å². The van der Waals surface area contributed by atoms with E-state index in [-0.39, 0.29) is 30.5 Å². The molecule has 0 bridgehead atoms. The number of hydrogen-bond donors (Lipinski definition) is 2. The summed E-state index contributed by atoms with van der Waals surface area (Å²) in [7, 11) is 0. The molecule has 6 nitrogen and oxygen atoms in total. The van der Waals surface area contributed by atoms with Gasteiger partial charge in [0, 0.05) is 18.6 Å². The van der Waals surface area contributed by atoms with Crippen LogP contribution in [0.15, 0.2) is 0 Å². The molecule has 1 aliphatic heterocycles. The monoisotopic (exact) mass is 297 g/mol. The number of nitrogens with two attached hydrogens (primary N) is 1. The maximum atomic E-state index is 12.9. The predicted octanol–water partition coefficient (Wildman–Crippen LogP) is 0.256. The van der Waals surface area contributed by atoms with Gasteiger partial charge >= 0.3 is 0 Å². The van der Waals surface area contributed by atoms with Crippen molar-refractivity contribution in [3.63, 3.8) is 0 Å². The van der Waals surface area contributed by atoms with Crippen molar-refractivity contribution in [3.8, 4) is 0 Å². The number of nitrogens with one attached hydrogen (secondary N) is 1. The lowest BCUT2D eigenvalue weighted by Gasteiger charge is -2.40. The van der Waals surface area contributed by atoms with Crippen LogP contribution in [0.5, 0.6) is 0 Å². The highest BCUT2D eigenvalue weighted by molar-refractivity contribution is 5.91. The molecule has 3 N–H and O–H groups in total. The molecule has 3 unspecified atom stereocenters. The van der Waals surface area contributed by atoms with Crippen molar-refractivity contribution >= 4 is 11.8 Å². The van der Waals surface area contributed by atoms with Crippen LogP contribution >= 0.6 is 0 Å². The summed E-state index contributed by atoms with van der Waals surface area (Å²) < 4.78 is 5.40. The first-order valence-corrected chi connectivity index (χ1v) is 7.81. The third-order valence-electron chi connectivity index (χ3n) is 4.64. The van der Waals surface area contributed by atoms with Gasteiger partial charge in [-0.15, -0.1) is 0 Å². The Balaban J connectivity index is 2.14. The zero-order valence-corrected chi connectivity index (χ0v) is 13.2. The Morgan fingerprint density at radius 2 is 2.14 bits per heavy atom. The van der Waals surface area contributed by atoms with Crippen LogP contribution in [0.1, 0.15) is 40.0 Å². The van der Waals surface area contributed by atoms with Gasteiger partial charge in [-0.2, -0.15) is 0 Å². The minimum atomic E-state index is -0.548. The molecule has 2 aliphatic rings. The molecule has 6 heteroatoms. The smallest absolute Gasteiger partial charge is 0.245 e. The van der Waals surface area contributed by atoms with E-state index < -0.39 is 11.5 Å². The Kier molecular flexibility index (Phi) is 4.88. The number of ether oxygens (including phenoxy) is 1. The van der Waals surface area contributed by atoms with Gasteiger partial charge < -0.3 is 20.7 Å². The molecule has 3 atom stereocenters. The molecule has 0 aromatic heterocycles. The molecule has 0 aromatic rings. The summed E-state index contributed by atoms with van der Waals surface area (Å²) in [6.45, 7) is 6.93. The molecule has 1 heterocycles. The number of nitrogens with zero attached hydrogens (tertiary/aromatic N) is 1. The minimum Gasteiger partial charge on any atom is -0.377 e.